The van der Waals surface area contributed by atoms with Gasteiger partial charge in [0.1, 0.15) is 11.5 Å². The fraction of sp³-hybridized carbons (Fsp3) is 0.200. The van der Waals surface area contributed by atoms with Crippen molar-refractivity contribution in [3.63, 3.8) is 0 Å². The summed E-state index contributed by atoms with van der Waals surface area (Å²) in [6.07, 6.45) is 1.59. The van der Waals surface area contributed by atoms with Crippen molar-refractivity contribution in [3.8, 4) is 11.5 Å². The quantitative estimate of drug-likeness (QED) is 0.849. The Hall–Kier alpha value is -1.80. The van der Waals surface area contributed by atoms with Crippen molar-refractivity contribution in [3.05, 3.63) is 60.2 Å². The average molecular weight is 228 g/mol. The van der Waals surface area contributed by atoms with Crippen LogP contribution in [0.2, 0.25) is 0 Å². The molecular formula is C15H16O2. The number of aliphatic hydroxyl groups is 1. The minimum absolute atomic E-state index is 0.208. The predicted octanol–water partition coefficient (Wildman–Crippen LogP) is 3.40. The normalized spacial score (nSPS) is 10.2. The van der Waals surface area contributed by atoms with E-state index in [-0.39, 0.29) is 6.61 Å². The first-order valence-electron chi connectivity index (χ1n) is 5.82. The molecule has 0 radical (unpaired) electrons. The van der Waals surface area contributed by atoms with E-state index in [0.717, 1.165) is 29.9 Å². The highest BCUT2D eigenvalue weighted by Crippen LogP contribution is 2.25. The zero-order valence-electron chi connectivity index (χ0n) is 9.67. The van der Waals surface area contributed by atoms with E-state index in [1.165, 1.54) is 0 Å². The monoisotopic (exact) mass is 228 g/mol. The molecule has 2 heteroatoms. The van der Waals surface area contributed by atoms with Crippen LogP contribution in [0.4, 0.5) is 0 Å². The Kier molecular flexibility index (Phi) is 4.17. The first kappa shape index (κ1) is 11.7. The maximum atomic E-state index is 8.87. The van der Waals surface area contributed by atoms with Gasteiger partial charge in [0.15, 0.2) is 0 Å². The molecule has 0 aliphatic carbocycles. The van der Waals surface area contributed by atoms with E-state index in [4.69, 9.17) is 9.84 Å². The minimum atomic E-state index is 0.208. The van der Waals surface area contributed by atoms with Crippen LogP contribution in [-0.4, -0.2) is 11.7 Å². The van der Waals surface area contributed by atoms with Gasteiger partial charge < -0.3 is 9.84 Å². The van der Waals surface area contributed by atoms with Crippen molar-refractivity contribution in [2.24, 2.45) is 0 Å². The van der Waals surface area contributed by atoms with Crippen molar-refractivity contribution in [2.75, 3.05) is 6.61 Å². The van der Waals surface area contributed by atoms with Crippen LogP contribution in [0.25, 0.3) is 0 Å². The largest absolute Gasteiger partial charge is 0.457 e. The van der Waals surface area contributed by atoms with Gasteiger partial charge in [-0.1, -0.05) is 36.4 Å². The molecule has 0 amide bonds. The Bertz CT molecular complexity index is 451. The van der Waals surface area contributed by atoms with E-state index in [1.54, 1.807) is 0 Å². The molecule has 88 valence electrons. The Morgan fingerprint density at radius 2 is 1.59 bits per heavy atom. The first-order valence-corrected chi connectivity index (χ1v) is 5.82. The summed E-state index contributed by atoms with van der Waals surface area (Å²) in [6.45, 7) is 0.208. The molecule has 0 saturated carbocycles. The summed E-state index contributed by atoms with van der Waals surface area (Å²) in [5, 5.41) is 8.87. The van der Waals surface area contributed by atoms with Crippen LogP contribution in [0, 0.1) is 0 Å². The maximum Gasteiger partial charge on any atom is 0.130 e. The third-order valence-electron chi connectivity index (χ3n) is 2.55. The molecule has 0 aliphatic heterocycles. The van der Waals surface area contributed by atoms with Crippen LogP contribution in [0.15, 0.2) is 54.6 Å². The molecule has 0 spiro atoms. The maximum absolute atomic E-state index is 8.87. The molecule has 0 heterocycles. The number of hydrogen-bond acceptors (Lipinski definition) is 2. The lowest BCUT2D eigenvalue weighted by atomic mass is 10.1. The molecule has 2 aromatic carbocycles. The second-order valence-corrected chi connectivity index (χ2v) is 3.85. The van der Waals surface area contributed by atoms with E-state index in [1.807, 2.05) is 54.6 Å². The molecule has 2 nitrogen and oxygen atoms in total. The molecule has 0 unspecified atom stereocenters. The number of hydrogen-bond donors (Lipinski definition) is 1. The molecule has 2 rings (SSSR count). The van der Waals surface area contributed by atoms with E-state index >= 15 is 0 Å². The molecular weight excluding hydrogens is 212 g/mol. The van der Waals surface area contributed by atoms with Gasteiger partial charge in [0, 0.05) is 6.61 Å². The highest BCUT2D eigenvalue weighted by atomic mass is 16.5. The van der Waals surface area contributed by atoms with Gasteiger partial charge in [-0.15, -0.1) is 0 Å². The summed E-state index contributed by atoms with van der Waals surface area (Å²) in [5.41, 5.74) is 1.13. The highest BCUT2D eigenvalue weighted by Gasteiger charge is 2.03. The van der Waals surface area contributed by atoms with Crippen LogP contribution in [-0.2, 0) is 6.42 Å². The Balaban J connectivity index is 2.15. The lowest BCUT2D eigenvalue weighted by Gasteiger charge is -2.10. The van der Waals surface area contributed by atoms with E-state index in [2.05, 4.69) is 0 Å². The second-order valence-electron chi connectivity index (χ2n) is 3.85. The van der Waals surface area contributed by atoms with Crippen molar-refractivity contribution < 1.29 is 9.84 Å². The fourth-order valence-corrected chi connectivity index (χ4v) is 1.69. The van der Waals surface area contributed by atoms with Crippen molar-refractivity contribution >= 4 is 0 Å². The number of aryl methyl sites for hydroxylation is 1. The average Bonchev–Trinajstić information content (AvgIpc) is 2.39. The Morgan fingerprint density at radius 3 is 2.35 bits per heavy atom. The summed E-state index contributed by atoms with van der Waals surface area (Å²) in [5.74, 6) is 1.70. The third kappa shape index (κ3) is 3.33. The molecule has 0 aliphatic rings. The molecule has 1 N–H and O–H groups in total. The summed E-state index contributed by atoms with van der Waals surface area (Å²) in [6, 6.07) is 17.7. The van der Waals surface area contributed by atoms with Crippen LogP contribution < -0.4 is 4.74 Å². The summed E-state index contributed by atoms with van der Waals surface area (Å²) >= 11 is 0. The van der Waals surface area contributed by atoms with Crippen molar-refractivity contribution in [1.82, 2.24) is 0 Å². The lowest BCUT2D eigenvalue weighted by molar-refractivity contribution is 0.288. The summed E-state index contributed by atoms with van der Waals surface area (Å²) in [4.78, 5) is 0. The Labute approximate surface area is 101 Å². The molecule has 0 aromatic heterocycles. The van der Waals surface area contributed by atoms with Gasteiger partial charge in [-0.25, -0.2) is 0 Å². The standard InChI is InChI=1S/C15H16O2/c16-12-6-8-13-7-4-5-11-15(13)17-14-9-2-1-3-10-14/h1-5,7,9-11,16H,6,8,12H2. The van der Waals surface area contributed by atoms with Gasteiger partial charge in [0.2, 0.25) is 0 Å². The molecule has 0 saturated heterocycles. The lowest BCUT2D eigenvalue weighted by Crippen LogP contribution is -1.93. The van der Waals surface area contributed by atoms with Gasteiger partial charge in [0.25, 0.3) is 0 Å². The Morgan fingerprint density at radius 1 is 0.882 bits per heavy atom. The van der Waals surface area contributed by atoms with Gasteiger partial charge in [-0.3, -0.25) is 0 Å². The van der Waals surface area contributed by atoms with E-state index in [9.17, 15) is 0 Å². The van der Waals surface area contributed by atoms with Crippen LogP contribution in [0.1, 0.15) is 12.0 Å². The number of rotatable bonds is 5. The second kappa shape index (κ2) is 6.06. The number of para-hydroxylation sites is 2. The summed E-state index contributed by atoms with van der Waals surface area (Å²) < 4.78 is 5.82. The smallest absolute Gasteiger partial charge is 0.130 e. The van der Waals surface area contributed by atoms with Gasteiger partial charge in [0.05, 0.1) is 0 Å². The van der Waals surface area contributed by atoms with E-state index in [0.29, 0.717) is 0 Å². The SMILES string of the molecule is OCCCc1ccccc1Oc1ccccc1. The zero-order chi connectivity index (χ0) is 11.9. The first-order chi connectivity index (χ1) is 8.40. The van der Waals surface area contributed by atoms with Gasteiger partial charge in [-0.05, 0) is 36.6 Å². The fourth-order valence-electron chi connectivity index (χ4n) is 1.69. The zero-order valence-corrected chi connectivity index (χ0v) is 9.67. The highest BCUT2D eigenvalue weighted by molar-refractivity contribution is 5.37. The predicted molar refractivity (Wildman–Crippen MR) is 68.4 cm³/mol. The number of aliphatic hydroxyl groups excluding tert-OH is 1. The molecule has 2 aromatic rings. The van der Waals surface area contributed by atoms with Crippen LogP contribution in [0.3, 0.4) is 0 Å². The molecule has 0 atom stereocenters. The number of ether oxygens (including phenoxy) is 1. The molecule has 0 bridgehead atoms. The van der Waals surface area contributed by atoms with Gasteiger partial charge in [-0.2, -0.15) is 0 Å². The minimum Gasteiger partial charge on any atom is -0.457 e. The molecule has 17 heavy (non-hydrogen) atoms. The van der Waals surface area contributed by atoms with Crippen LogP contribution >= 0.6 is 0 Å². The van der Waals surface area contributed by atoms with Crippen molar-refractivity contribution in [2.45, 2.75) is 12.8 Å². The number of benzene rings is 2. The van der Waals surface area contributed by atoms with Gasteiger partial charge >= 0.3 is 0 Å². The third-order valence-corrected chi connectivity index (χ3v) is 2.55. The van der Waals surface area contributed by atoms with Crippen LogP contribution in [0.5, 0.6) is 11.5 Å². The topological polar surface area (TPSA) is 29.5 Å². The van der Waals surface area contributed by atoms with Crippen molar-refractivity contribution in [1.29, 1.82) is 0 Å². The molecule has 0 fully saturated rings. The van der Waals surface area contributed by atoms with E-state index < -0.39 is 0 Å². The summed E-state index contributed by atoms with van der Waals surface area (Å²) in [7, 11) is 0.